The highest BCUT2D eigenvalue weighted by Gasteiger charge is 2.21. The van der Waals surface area contributed by atoms with E-state index in [1.165, 1.54) is 110 Å². The summed E-state index contributed by atoms with van der Waals surface area (Å²) in [5, 5.41) is 9.91. The van der Waals surface area contributed by atoms with E-state index in [0.29, 0.717) is 0 Å². The Hall–Kier alpha value is -8.46. The molecule has 0 unspecified atom stereocenters. The summed E-state index contributed by atoms with van der Waals surface area (Å²) < 4.78 is 4.83. The lowest BCUT2D eigenvalue weighted by Crippen LogP contribution is -1.94. The Morgan fingerprint density at radius 3 is 1.11 bits per heavy atom. The summed E-state index contributed by atoms with van der Waals surface area (Å²) in [6.45, 7) is 0. The molecule has 0 aliphatic carbocycles. The number of nitrogens with zero attached hydrogens (tertiary/aromatic N) is 2. The van der Waals surface area contributed by atoms with E-state index in [0.717, 1.165) is 11.4 Å². The molecule has 0 saturated heterocycles. The first-order chi connectivity index (χ1) is 31.8. The standard InChI is InChI=1S/C62H40N2/c1-4-18-41(19-5-1)46-24-10-11-27-53(46)62-54-30-16-28-47(42-34-36-51-49-25-12-14-32-58(49)63(60(51)38-42)44-20-6-2-7-21-44)56(54)40-57-48(29-17-31-55(57)62)43-35-37-52-50-26-13-15-33-59(50)64(61(52)39-43)45-22-8-3-9-23-45/h1-40H. The van der Waals surface area contributed by atoms with Crippen molar-refractivity contribution in [3.05, 3.63) is 243 Å². The van der Waals surface area contributed by atoms with Gasteiger partial charge in [0.15, 0.2) is 0 Å². The molecule has 2 nitrogen and oxygen atoms in total. The molecule has 0 aliphatic heterocycles. The van der Waals surface area contributed by atoms with Crippen LogP contribution in [-0.4, -0.2) is 9.13 Å². The zero-order valence-electron chi connectivity index (χ0n) is 35.0. The van der Waals surface area contributed by atoms with Gasteiger partial charge in [0.1, 0.15) is 0 Å². The van der Waals surface area contributed by atoms with Gasteiger partial charge in [-0.3, -0.25) is 0 Å². The zero-order chi connectivity index (χ0) is 42.1. The van der Waals surface area contributed by atoms with Crippen molar-refractivity contribution in [1.29, 1.82) is 0 Å². The molecule has 0 bridgehead atoms. The highest BCUT2D eigenvalue weighted by atomic mass is 15.0. The molecular weight excluding hydrogens is 773 g/mol. The molecule has 13 aromatic rings. The van der Waals surface area contributed by atoms with E-state index >= 15 is 0 Å². The topological polar surface area (TPSA) is 9.86 Å². The molecule has 2 heterocycles. The SMILES string of the molecule is c1ccc(-c2ccccc2-c2c3cccc(-c4ccc5c6ccccc6n(-c6ccccc6)c5c4)c3cc3c(-c4ccc5c6ccccc6n(-c6ccccc6)c5c4)cccc23)cc1. The predicted octanol–water partition coefficient (Wildman–Crippen LogP) is 16.9. The summed E-state index contributed by atoms with van der Waals surface area (Å²) in [4.78, 5) is 0. The maximum absolute atomic E-state index is 2.47. The Labute approximate surface area is 371 Å². The molecule has 0 spiro atoms. The number of hydrogen-bond acceptors (Lipinski definition) is 0. The maximum atomic E-state index is 2.47. The van der Waals surface area contributed by atoms with E-state index < -0.39 is 0 Å². The summed E-state index contributed by atoms with van der Waals surface area (Å²) >= 11 is 0. The molecule has 64 heavy (non-hydrogen) atoms. The summed E-state index contributed by atoms with van der Waals surface area (Å²) in [7, 11) is 0. The van der Waals surface area contributed by atoms with Crippen LogP contribution in [0, 0.1) is 0 Å². The van der Waals surface area contributed by atoms with Gasteiger partial charge in [-0.15, -0.1) is 0 Å². The fourth-order valence-corrected chi connectivity index (χ4v) is 10.5. The molecule has 0 amide bonds. The lowest BCUT2D eigenvalue weighted by molar-refractivity contribution is 1.18. The average molecular weight is 813 g/mol. The third kappa shape index (κ3) is 5.59. The minimum atomic E-state index is 1.16. The molecule has 0 N–H and O–H groups in total. The van der Waals surface area contributed by atoms with Crippen LogP contribution in [0.3, 0.4) is 0 Å². The van der Waals surface area contributed by atoms with Crippen LogP contribution < -0.4 is 0 Å². The molecule has 0 fully saturated rings. The Morgan fingerprint density at radius 1 is 0.203 bits per heavy atom. The normalized spacial score (nSPS) is 11.8. The Bertz CT molecular complexity index is 3720. The number of hydrogen-bond donors (Lipinski definition) is 0. The monoisotopic (exact) mass is 812 g/mol. The van der Waals surface area contributed by atoms with Crippen LogP contribution in [0.2, 0.25) is 0 Å². The number of fused-ring (bicyclic) bond motifs is 8. The van der Waals surface area contributed by atoms with Crippen LogP contribution in [0.1, 0.15) is 0 Å². The van der Waals surface area contributed by atoms with Crippen molar-refractivity contribution in [3.8, 4) is 55.9 Å². The number of para-hydroxylation sites is 4. The van der Waals surface area contributed by atoms with Gasteiger partial charge in [-0.1, -0.05) is 188 Å². The van der Waals surface area contributed by atoms with Crippen molar-refractivity contribution in [2.24, 2.45) is 0 Å². The molecule has 298 valence electrons. The van der Waals surface area contributed by atoms with E-state index in [9.17, 15) is 0 Å². The van der Waals surface area contributed by atoms with Gasteiger partial charge < -0.3 is 9.13 Å². The van der Waals surface area contributed by atoms with Crippen LogP contribution in [0.5, 0.6) is 0 Å². The van der Waals surface area contributed by atoms with Crippen molar-refractivity contribution >= 4 is 65.2 Å². The number of benzene rings is 11. The van der Waals surface area contributed by atoms with Crippen LogP contribution >= 0.6 is 0 Å². The van der Waals surface area contributed by atoms with Crippen LogP contribution in [-0.2, 0) is 0 Å². The van der Waals surface area contributed by atoms with Crippen LogP contribution in [0.15, 0.2) is 243 Å². The van der Waals surface area contributed by atoms with Gasteiger partial charge in [0, 0.05) is 32.9 Å². The van der Waals surface area contributed by atoms with Gasteiger partial charge >= 0.3 is 0 Å². The zero-order valence-corrected chi connectivity index (χ0v) is 35.0. The van der Waals surface area contributed by atoms with Gasteiger partial charge in [0.25, 0.3) is 0 Å². The van der Waals surface area contributed by atoms with E-state index in [1.807, 2.05) is 0 Å². The van der Waals surface area contributed by atoms with Crippen molar-refractivity contribution in [1.82, 2.24) is 9.13 Å². The Balaban J connectivity index is 1.12. The molecular formula is C62H40N2. The van der Waals surface area contributed by atoms with E-state index in [-0.39, 0.29) is 0 Å². The predicted molar refractivity (Wildman–Crippen MR) is 272 cm³/mol. The minimum absolute atomic E-state index is 1.16. The van der Waals surface area contributed by atoms with E-state index in [4.69, 9.17) is 0 Å². The quantitative estimate of drug-likeness (QED) is 0.148. The Kier molecular flexibility index (Phi) is 8.25. The maximum Gasteiger partial charge on any atom is 0.0547 e. The molecule has 0 radical (unpaired) electrons. The van der Waals surface area contributed by atoms with Crippen molar-refractivity contribution < 1.29 is 0 Å². The van der Waals surface area contributed by atoms with Gasteiger partial charge in [-0.05, 0) is 121 Å². The van der Waals surface area contributed by atoms with Crippen molar-refractivity contribution in [2.75, 3.05) is 0 Å². The van der Waals surface area contributed by atoms with Crippen LogP contribution in [0.4, 0.5) is 0 Å². The minimum Gasteiger partial charge on any atom is -0.309 e. The fourth-order valence-electron chi connectivity index (χ4n) is 10.5. The highest BCUT2D eigenvalue weighted by Crippen LogP contribution is 2.47. The first kappa shape index (κ1) is 36.2. The Morgan fingerprint density at radius 2 is 0.594 bits per heavy atom. The molecule has 0 saturated carbocycles. The first-order valence-electron chi connectivity index (χ1n) is 22.1. The smallest absolute Gasteiger partial charge is 0.0547 e. The second kappa shape index (κ2) is 14.6. The molecule has 11 aromatic carbocycles. The summed E-state index contributed by atoms with van der Waals surface area (Å²) in [5.74, 6) is 0. The van der Waals surface area contributed by atoms with E-state index in [2.05, 4.69) is 252 Å². The summed E-state index contributed by atoms with van der Waals surface area (Å²) in [6, 6.07) is 89.1. The molecule has 0 atom stereocenters. The molecule has 13 rings (SSSR count). The molecule has 2 heteroatoms. The highest BCUT2D eigenvalue weighted by molar-refractivity contribution is 6.21. The second-order valence-corrected chi connectivity index (χ2v) is 16.8. The van der Waals surface area contributed by atoms with Gasteiger partial charge in [0.05, 0.1) is 22.1 Å². The second-order valence-electron chi connectivity index (χ2n) is 16.8. The van der Waals surface area contributed by atoms with Gasteiger partial charge in [0.2, 0.25) is 0 Å². The summed E-state index contributed by atoms with van der Waals surface area (Å²) in [6.07, 6.45) is 0. The molecule has 0 aliphatic rings. The van der Waals surface area contributed by atoms with Crippen molar-refractivity contribution in [2.45, 2.75) is 0 Å². The van der Waals surface area contributed by atoms with E-state index in [1.54, 1.807) is 0 Å². The fraction of sp³-hybridized carbons (Fsp3) is 0. The van der Waals surface area contributed by atoms with Crippen molar-refractivity contribution in [3.63, 3.8) is 0 Å². The largest absolute Gasteiger partial charge is 0.309 e. The lowest BCUT2D eigenvalue weighted by Gasteiger charge is -2.19. The average Bonchev–Trinajstić information content (AvgIpc) is 3.88. The number of rotatable bonds is 6. The summed E-state index contributed by atoms with van der Waals surface area (Å²) in [5.41, 5.74) is 16.8. The number of aromatic nitrogens is 2. The first-order valence-corrected chi connectivity index (χ1v) is 22.1. The van der Waals surface area contributed by atoms with Gasteiger partial charge in [-0.2, -0.15) is 0 Å². The van der Waals surface area contributed by atoms with Crippen LogP contribution in [0.25, 0.3) is 121 Å². The third-order valence-electron chi connectivity index (χ3n) is 13.3. The third-order valence-corrected chi connectivity index (χ3v) is 13.3. The lowest BCUT2D eigenvalue weighted by atomic mass is 9.84. The van der Waals surface area contributed by atoms with Gasteiger partial charge in [-0.25, -0.2) is 0 Å². The molecule has 2 aromatic heterocycles.